The number of aliphatic hydroxyl groups excluding tert-OH is 2. The Bertz CT molecular complexity index is 1120. The van der Waals surface area contributed by atoms with E-state index in [0.29, 0.717) is 0 Å². The van der Waals surface area contributed by atoms with E-state index in [2.05, 4.69) is 66.7 Å². The van der Waals surface area contributed by atoms with Gasteiger partial charge < -0.3 is 14.9 Å². The van der Waals surface area contributed by atoms with Gasteiger partial charge in [0.2, 0.25) is 0 Å². The lowest BCUT2D eigenvalue weighted by Crippen LogP contribution is -2.04. The zero-order valence-electron chi connectivity index (χ0n) is 14.8. The predicted molar refractivity (Wildman–Crippen MR) is 106 cm³/mol. The normalized spacial score (nSPS) is 10.5. The average molecular weight is 368 g/mol. The molecular formula is C23H16N2O3. The molecule has 1 aliphatic rings. The van der Waals surface area contributed by atoms with E-state index in [9.17, 15) is 0 Å². The first-order chi connectivity index (χ1) is 13.7. The van der Waals surface area contributed by atoms with Crippen molar-refractivity contribution >= 4 is 21.5 Å². The molecule has 0 unspecified atom stereocenters. The number of hydrogen-bond donors (Lipinski definition) is 2. The Hall–Kier alpha value is -4.22. The Balaban J connectivity index is 0.000000337. The fourth-order valence-corrected chi connectivity index (χ4v) is 3.52. The standard InChI is InChI=1S/C21H14O.2CHNO/c1-6-12-20-14(7-1)13-19-17-10-3-2-8-15(17)16-9-4-5-11-18(16)21(19)22-20;2*2-1-3/h1-12H,13H2;2*3H. The lowest BCUT2D eigenvalue weighted by atomic mass is 9.90. The SMILES string of the molecule is N#CO.N#CO.c1ccc2c(c1)Cc1c(c3ccccc3c3ccccc13)O2. The highest BCUT2D eigenvalue weighted by molar-refractivity contribution is 6.12. The van der Waals surface area contributed by atoms with Gasteiger partial charge in [-0.05, 0) is 27.8 Å². The molecule has 28 heavy (non-hydrogen) atoms. The van der Waals surface area contributed by atoms with Crippen molar-refractivity contribution in [3.8, 4) is 24.0 Å². The second kappa shape index (κ2) is 8.44. The summed E-state index contributed by atoms with van der Waals surface area (Å²) in [4.78, 5) is 0. The molecule has 0 aromatic heterocycles. The number of para-hydroxylation sites is 1. The number of nitriles is 2. The summed E-state index contributed by atoms with van der Waals surface area (Å²) < 4.78 is 6.30. The molecule has 0 radical (unpaired) electrons. The summed E-state index contributed by atoms with van der Waals surface area (Å²) in [5, 5.41) is 32.6. The molecule has 5 nitrogen and oxygen atoms in total. The summed E-state index contributed by atoms with van der Waals surface area (Å²) in [6, 6.07) is 25.5. The van der Waals surface area contributed by atoms with Crippen LogP contribution in [-0.4, -0.2) is 10.2 Å². The Morgan fingerprint density at radius 2 is 1.14 bits per heavy atom. The third kappa shape index (κ3) is 3.38. The molecule has 0 amide bonds. The molecule has 0 atom stereocenters. The topological polar surface area (TPSA) is 97.3 Å². The Kier molecular flexibility index (Phi) is 5.60. The van der Waals surface area contributed by atoms with Crippen LogP contribution in [-0.2, 0) is 6.42 Å². The summed E-state index contributed by atoms with van der Waals surface area (Å²) in [7, 11) is 0. The fraction of sp³-hybridized carbons (Fsp3) is 0.0435. The largest absolute Gasteiger partial charge is 0.456 e. The minimum absolute atomic E-state index is 0.750. The number of rotatable bonds is 0. The number of ether oxygens (including phenoxy) is 1. The van der Waals surface area contributed by atoms with Crippen LogP contribution < -0.4 is 4.74 Å². The van der Waals surface area contributed by atoms with Crippen LogP contribution >= 0.6 is 0 Å². The highest BCUT2D eigenvalue weighted by Crippen LogP contribution is 2.45. The van der Waals surface area contributed by atoms with Crippen LogP contribution in [0, 0.1) is 23.0 Å². The average Bonchev–Trinajstić information content (AvgIpc) is 2.74. The van der Waals surface area contributed by atoms with Crippen LogP contribution in [0.15, 0.2) is 72.8 Å². The maximum Gasteiger partial charge on any atom is 0.283 e. The first-order valence-corrected chi connectivity index (χ1v) is 8.49. The number of fused-ring (bicyclic) bond motifs is 7. The van der Waals surface area contributed by atoms with Crippen molar-refractivity contribution < 1.29 is 14.9 Å². The van der Waals surface area contributed by atoms with Gasteiger partial charge in [0.25, 0.3) is 12.5 Å². The van der Waals surface area contributed by atoms with Crippen molar-refractivity contribution in [2.45, 2.75) is 6.42 Å². The second-order valence-corrected chi connectivity index (χ2v) is 5.99. The van der Waals surface area contributed by atoms with Crippen LogP contribution in [0.25, 0.3) is 21.5 Å². The minimum Gasteiger partial charge on any atom is -0.456 e. The first-order valence-electron chi connectivity index (χ1n) is 8.49. The maximum atomic E-state index is 6.88. The van der Waals surface area contributed by atoms with Crippen molar-refractivity contribution in [2.24, 2.45) is 0 Å². The second-order valence-electron chi connectivity index (χ2n) is 5.99. The molecular weight excluding hydrogens is 352 g/mol. The fourth-order valence-electron chi connectivity index (χ4n) is 3.52. The van der Waals surface area contributed by atoms with E-state index in [1.807, 2.05) is 6.07 Å². The summed E-state index contributed by atoms with van der Waals surface area (Å²) in [5.41, 5.74) is 2.56. The number of benzene rings is 4. The molecule has 0 saturated heterocycles. The maximum absolute atomic E-state index is 6.88. The Morgan fingerprint density at radius 1 is 0.679 bits per heavy atom. The van der Waals surface area contributed by atoms with Gasteiger partial charge in [0.15, 0.2) is 0 Å². The quantitative estimate of drug-likeness (QED) is 0.283. The van der Waals surface area contributed by atoms with Gasteiger partial charge in [0.05, 0.1) is 0 Å². The third-order valence-corrected chi connectivity index (χ3v) is 4.54. The van der Waals surface area contributed by atoms with E-state index in [1.54, 1.807) is 0 Å². The lowest BCUT2D eigenvalue weighted by molar-refractivity contribution is 0.467. The monoisotopic (exact) mass is 368 g/mol. The van der Waals surface area contributed by atoms with E-state index in [1.165, 1.54) is 32.7 Å². The summed E-state index contributed by atoms with van der Waals surface area (Å²) in [5.74, 6) is 2.00. The third-order valence-electron chi connectivity index (χ3n) is 4.54. The van der Waals surface area contributed by atoms with Gasteiger partial charge in [-0.25, -0.2) is 0 Å². The minimum atomic E-state index is 0.750. The molecule has 4 aromatic carbocycles. The molecule has 0 fully saturated rings. The van der Waals surface area contributed by atoms with Gasteiger partial charge in [0.1, 0.15) is 11.5 Å². The van der Waals surface area contributed by atoms with E-state index in [4.69, 9.17) is 25.5 Å². The number of nitrogens with zero attached hydrogens (tertiary/aromatic N) is 2. The molecule has 1 heterocycles. The zero-order valence-corrected chi connectivity index (χ0v) is 14.8. The van der Waals surface area contributed by atoms with Crippen LogP contribution in [0.4, 0.5) is 0 Å². The zero-order chi connectivity index (χ0) is 19.9. The summed E-state index contributed by atoms with van der Waals surface area (Å²) in [6.45, 7) is 0. The Labute approximate surface area is 161 Å². The van der Waals surface area contributed by atoms with E-state index >= 15 is 0 Å². The van der Waals surface area contributed by atoms with E-state index in [0.717, 1.165) is 30.4 Å². The van der Waals surface area contributed by atoms with E-state index in [-0.39, 0.29) is 0 Å². The summed E-state index contributed by atoms with van der Waals surface area (Å²) >= 11 is 0. The van der Waals surface area contributed by atoms with Gasteiger partial charge in [-0.15, -0.1) is 0 Å². The van der Waals surface area contributed by atoms with Crippen LogP contribution in [0.1, 0.15) is 11.1 Å². The van der Waals surface area contributed by atoms with Crippen molar-refractivity contribution in [1.82, 2.24) is 0 Å². The first kappa shape index (κ1) is 18.6. The van der Waals surface area contributed by atoms with Gasteiger partial charge in [-0.2, -0.15) is 10.5 Å². The highest BCUT2D eigenvalue weighted by atomic mass is 16.5. The van der Waals surface area contributed by atoms with Crippen LogP contribution in [0.2, 0.25) is 0 Å². The molecule has 0 saturated carbocycles. The van der Waals surface area contributed by atoms with E-state index < -0.39 is 0 Å². The molecule has 136 valence electrons. The molecule has 0 bridgehead atoms. The van der Waals surface area contributed by atoms with Gasteiger partial charge in [0, 0.05) is 17.4 Å². The Morgan fingerprint density at radius 3 is 1.79 bits per heavy atom. The predicted octanol–water partition coefficient (Wildman–Crippen LogP) is 5.37. The van der Waals surface area contributed by atoms with Gasteiger partial charge >= 0.3 is 0 Å². The highest BCUT2D eigenvalue weighted by Gasteiger charge is 2.21. The van der Waals surface area contributed by atoms with Crippen molar-refractivity contribution in [3.05, 3.63) is 83.9 Å². The van der Waals surface area contributed by atoms with Gasteiger partial charge in [-0.3, -0.25) is 0 Å². The van der Waals surface area contributed by atoms with Crippen molar-refractivity contribution in [3.63, 3.8) is 0 Å². The molecule has 2 N–H and O–H groups in total. The molecule has 5 heteroatoms. The van der Waals surface area contributed by atoms with Crippen molar-refractivity contribution in [1.29, 1.82) is 10.5 Å². The summed E-state index contributed by atoms with van der Waals surface area (Å²) in [6.07, 6.45) is 2.43. The van der Waals surface area contributed by atoms with Gasteiger partial charge in [-0.1, -0.05) is 66.7 Å². The molecule has 4 aromatic rings. The lowest BCUT2D eigenvalue weighted by Gasteiger charge is -2.23. The van der Waals surface area contributed by atoms with Crippen molar-refractivity contribution in [2.75, 3.05) is 0 Å². The van der Waals surface area contributed by atoms with Crippen LogP contribution in [0.5, 0.6) is 11.5 Å². The molecule has 5 rings (SSSR count). The number of aliphatic hydroxyl groups is 2. The molecule has 1 aliphatic heterocycles. The van der Waals surface area contributed by atoms with Crippen LogP contribution in [0.3, 0.4) is 0 Å². The molecule has 0 aliphatic carbocycles. The molecule has 0 spiro atoms. The smallest absolute Gasteiger partial charge is 0.283 e. The number of hydrogen-bond acceptors (Lipinski definition) is 5.